The zero-order valence-electron chi connectivity index (χ0n) is 18.6. The smallest absolute Gasteiger partial charge is 0.307 e. The fourth-order valence-electron chi connectivity index (χ4n) is 4.64. The largest absolute Gasteiger partial charge is 0.508 e. The van der Waals surface area contributed by atoms with Crippen molar-refractivity contribution in [1.29, 1.82) is 0 Å². The van der Waals surface area contributed by atoms with Crippen LogP contribution in [0.2, 0.25) is 0 Å². The topological polar surface area (TPSA) is 93.6 Å². The number of hydrogen-bond acceptors (Lipinski definition) is 5. The van der Waals surface area contributed by atoms with Crippen LogP contribution >= 0.6 is 11.3 Å². The molecule has 0 aliphatic heterocycles. The Labute approximate surface area is 186 Å². The Morgan fingerprint density at radius 3 is 2.10 bits per heavy atom. The lowest BCUT2D eigenvalue weighted by Crippen LogP contribution is -2.34. The van der Waals surface area contributed by atoms with Gasteiger partial charge in [0.05, 0.1) is 4.88 Å². The van der Waals surface area contributed by atoms with Gasteiger partial charge in [0.1, 0.15) is 11.5 Å². The van der Waals surface area contributed by atoms with E-state index in [-0.39, 0.29) is 39.5 Å². The molecule has 0 bridgehead atoms. The Morgan fingerprint density at radius 2 is 1.52 bits per heavy atom. The number of aromatic amines is 1. The lowest BCUT2D eigenvalue weighted by molar-refractivity contribution is 0.332. The first-order valence-electron chi connectivity index (χ1n) is 10.5. The molecule has 3 aromatic rings. The molecule has 0 unspecified atom stereocenters. The molecule has 4 N–H and O–H groups in total. The number of benzene rings is 2. The third-order valence-electron chi connectivity index (χ3n) is 6.74. The summed E-state index contributed by atoms with van der Waals surface area (Å²) in [6.45, 7) is 11.1. The summed E-state index contributed by atoms with van der Waals surface area (Å²) in [4.78, 5) is 14.0. The summed E-state index contributed by atoms with van der Waals surface area (Å²) in [7, 11) is 0. The normalized spacial score (nSPS) is 16.8. The van der Waals surface area contributed by atoms with Crippen LogP contribution in [0.3, 0.4) is 0 Å². The van der Waals surface area contributed by atoms with Gasteiger partial charge in [-0.1, -0.05) is 45.1 Å². The molecule has 164 valence electrons. The van der Waals surface area contributed by atoms with Crippen molar-refractivity contribution in [1.82, 2.24) is 4.98 Å². The third-order valence-corrected chi connectivity index (χ3v) is 7.61. The Balaban J connectivity index is 1.87. The van der Waals surface area contributed by atoms with Crippen LogP contribution in [0, 0.1) is 6.92 Å². The van der Waals surface area contributed by atoms with Crippen molar-refractivity contribution in [3.63, 3.8) is 0 Å². The molecule has 1 aliphatic carbocycles. The van der Waals surface area contributed by atoms with Crippen LogP contribution in [-0.4, -0.2) is 20.3 Å². The standard InChI is InChI=1S/C25H29NO4S/c1-13-8-17-18(25(4,5)7-6-24(17,2)3)11-15(13)16-9-14(19(27)12-20(16)28)10-21-22(29)26-23(30)31-21/h8-9,11-12,27-29H,6-7,10H2,1-5H3,(H,26,30). The van der Waals surface area contributed by atoms with E-state index in [1.165, 1.54) is 17.2 Å². The summed E-state index contributed by atoms with van der Waals surface area (Å²) in [6.07, 6.45) is 2.41. The van der Waals surface area contributed by atoms with Crippen LogP contribution in [0.5, 0.6) is 17.4 Å². The van der Waals surface area contributed by atoms with E-state index >= 15 is 0 Å². The summed E-state index contributed by atoms with van der Waals surface area (Å²) < 4.78 is 0. The quantitative estimate of drug-likeness (QED) is 0.435. The Bertz CT molecular complexity index is 1230. The summed E-state index contributed by atoms with van der Waals surface area (Å²) >= 11 is 0.910. The van der Waals surface area contributed by atoms with Crippen molar-refractivity contribution in [2.45, 2.75) is 64.7 Å². The highest BCUT2D eigenvalue weighted by Gasteiger charge is 2.37. The number of phenolic OH excluding ortho intramolecular Hbond substituents is 2. The van der Waals surface area contributed by atoms with Crippen LogP contribution < -0.4 is 4.87 Å². The summed E-state index contributed by atoms with van der Waals surface area (Å²) in [5.74, 6) is -0.250. The monoisotopic (exact) mass is 439 g/mol. The maximum absolute atomic E-state index is 11.5. The van der Waals surface area contributed by atoms with Gasteiger partial charge in [-0.05, 0) is 65.0 Å². The predicted octanol–water partition coefficient (Wildman–Crippen LogP) is 5.47. The van der Waals surface area contributed by atoms with Crippen LogP contribution in [0.15, 0.2) is 29.1 Å². The van der Waals surface area contributed by atoms with Gasteiger partial charge in [-0.3, -0.25) is 9.78 Å². The lowest BCUT2D eigenvalue weighted by atomic mass is 9.62. The minimum atomic E-state index is -0.346. The van der Waals surface area contributed by atoms with E-state index in [4.69, 9.17) is 0 Å². The Morgan fingerprint density at radius 1 is 0.903 bits per heavy atom. The first kappa shape index (κ1) is 21.5. The van der Waals surface area contributed by atoms with Crippen molar-refractivity contribution in [3.8, 4) is 28.5 Å². The number of aryl methyl sites for hydroxylation is 1. The van der Waals surface area contributed by atoms with Gasteiger partial charge in [-0.25, -0.2) is 0 Å². The second-order valence-corrected chi connectivity index (χ2v) is 11.0. The highest BCUT2D eigenvalue weighted by Crippen LogP contribution is 2.48. The van der Waals surface area contributed by atoms with Gasteiger partial charge in [0.15, 0.2) is 0 Å². The number of phenols is 2. The number of aromatic nitrogens is 1. The molecular weight excluding hydrogens is 410 g/mol. The number of hydrogen-bond donors (Lipinski definition) is 4. The molecule has 0 saturated carbocycles. The van der Waals surface area contributed by atoms with Crippen LogP contribution in [0.1, 0.15) is 67.7 Å². The minimum Gasteiger partial charge on any atom is -0.508 e. The predicted molar refractivity (Wildman–Crippen MR) is 125 cm³/mol. The van der Waals surface area contributed by atoms with Gasteiger partial charge in [-0.2, -0.15) is 0 Å². The zero-order valence-corrected chi connectivity index (χ0v) is 19.4. The molecule has 5 nitrogen and oxygen atoms in total. The molecule has 0 amide bonds. The molecular formula is C25H29NO4S. The van der Waals surface area contributed by atoms with Gasteiger partial charge >= 0.3 is 4.87 Å². The van der Waals surface area contributed by atoms with Crippen molar-refractivity contribution in [3.05, 3.63) is 61.1 Å². The molecule has 2 aromatic carbocycles. The van der Waals surface area contributed by atoms with Crippen molar-refractivity contribution in [2.75, 3.05) is 0 Å². The maximum atomic E-state index is 11.5. The Hall–Kier alpha value is -2.73. The van der Waals surface area contributed by atoms with Crippen LogP contribution in [0.4, 0.5) is 0 Å². The van der Waals surface area contributed by atoms with Gasteiger partial charge in [-0.15, -0.1) is 0 Å². The SMILES string of the molecule is Cc1cc2c(cc1-c1cc(Cc3sc(=O)[nH]c3O)c(O)cc1O)C(C)(C)CCC2(C)C. The van der Waals surface area contributed by atoms with Gasteiger partial charge < -0.3 is 15.3 Å². The van der Waals surface area contributed by atoms with Gasteiger partial charge in [0.25, 0.3) is 0 Å². The van der Waals surface area contributed by atoms with E-state index in [9.17, 15) is 20.1 Å². The van der Waals surface area contributed by atoms with Crippen LogP contribution in [-0.2, 0) is 17.3 Å². The average molecular weight is 440 g/mol. The second kappa shape index (κ2) is 7.16. The van der Waals surface area contributed by atoms with Crippen LogP contribution in [0.25, 0.3) is 11.1 Å². The minimum absolute atomic E-state index is 0.00338. The molecule has 1 aliphatic rings. The molecule has 6 heteroatoms. The molecule has 1 aromatic heterocycles. The van der Waals surface area contributed by atoms with Crippen molar-refractivity contribution in [2.24, 2.45) is 0 Å². The average Bonchev–Trinajstić information content (AvgIpc) is 2.98. The number of rotatable bonds is 3. The Kier molecular flexibility index (Phi) is 4.97. The van der Waals surface area contributed by atoms with E-state index in [0.717, 1.165) is 35.3 Å². The number of aromatic hydroxyl groups is 3. The van der Waals surface area contributed by atoms with Gasteiger partial charge in [0, 0.05) is 23.6 Å². The molecule has 0 saturated heterocycles. The number of fused-ring (bicyclic) bond motifs is 1. The van der Waals surface area contributed by atoms with E-state index in [0.29, 0.717) is 16.0 Å². The number of nitrogens with one attached hydrogen (secondary N) is 1. The second-order valence-electron chi connectivity index (χ2n) is 9.94. The van der Waals surface area contributed by atoms with E-state index < -0.39 is 0 Å². The molecule has 0 atom stereocenters. The third kappa shape index (κ3) is 3.74. The molecule has 4 rings (SSSR count). The van der Waals surface area contributed by atoms with E-state index in [2.05, 4.69) is 44.8 Å². The summed E-state index contributed by atoms with van der Waals surface area (Å²) in [5, 5.41) is 31.0. The molecule has 0 spiro atoms. The molecule has 31 heavy (non-hydrogen) atoms. The van der Waals surface area contributed by atoms with E-state index in [1.54, 1.807) is 6.07 Å². The maximum Gasteiger partial charge on any atom is 0.307 e. The molecule has 0 fully saturated rings. The lowest BCUT2D eigenvalue weighted by Gasteiger charge is -2.42. The summed E-state index contributed by atoms with van der Waals surface area (Å²) in [6, 6.07) is 7.52. The van der Waals surface area contributed by atoms with Crippen molar-refractivity contribution >= 4 is 11.3 Å². The molecule has 0 radical (unpaired) electrons. The summed E-state index contributed by atoms with van der Waals surface area (Å²) in [5.41, 5.74) is 5.93. The zero-order chi connectivity index (χ0) is 22.7. The van der Waals surface area contributed by atoms with E-state index in [1.807, 2.05) is 6.92 Å². The first-order chi connectivity index (χ1) is 14.4. The molecule has 1 heterocycles. The van der Waals surface area contributed by atoms with Gasteiger partial charge in [0.2, 0.25) is 5.88 Å². The highest BCUT2D eigenvalue weighted by molar-refractivity contribution is 7.09. The van der Waals surface area contributed by atoms with Crippen molar-refractivity contribution < 1.29 is 15.3 Å². The first-order valence-corrected chi connectivity index (χ1v) is 11.3. The fourth-order valence-corrected chi connectivity index (χ4v) is 5.38. The number of H-pyrrole nitrogens is 1. The fraction of sp³-hybridized carbons (Fsp3) is 0.400. The highest BCUT2D eigenvalue weighted by atomic mass is 32.1. The number of thiazole rings is 1.